The molecule has 0 radical (unpaired) electrons. The zero-order chi connectivity index (χ0) is 17.5. The number of morpholine rings is 1. The van der Waals surface area contributed by atoms with Crippen LogP contribution in [0.2, 0.25) is 0 Å². The summed E-state index contributed by atoms with van der Waals surface area (Å²) >= 11 is 0. The molecule has 2 aromatic rings. The van der Waals surface area contributed by atoms with Gasteiger partial charge in [-0.2, -0.15) is 0 Å². The predicted molar refractivity (Wildman–Crippen MR) is 97.4 cm³/mol. The van der Waals surface area contributed by atoms with Crippen LogP contribution in [0.25, 0.3) is 0 Å². The first kappa shape index (κ1) is 17.2. The van der Waals surface area contributed by atoms with E-state index in [-0.39, 0.29) is 5.91 Å². The molecule has 0 spiro atoms. The molecule has 1 fully saturated rings. The smallest absolute Gasteiger partial charge is 0.271 e. The highest BCUT2D eigenvalue weighted by atomic mass is 16.5. The van der Waals surface area contributed by atoms with Gasteiger partial charge in [-0.05, 0) is 30.7 Å². The largest absolute Gasteiger partial charge is 0.378 e. The van der Waals surface area contributed by atoms with Crippen LogP contribution in [0, 0.1) is 0 Å². The van der Waals surface area contributed by atoms with Crippen LogP contribution in [0.5, 0.6) is 0 Å². The Hall–Kier alpha value is -2.67. The van der Waals surface area contributed by atoms with Crippen LogP contribution in [0.15, 0.2) is 36.4 Å². The first-order valence-electron chi connectivity index (χ1n) is 8.58. The van der Waals surface area contributed by atoms with E-state index in [4.69, 9.17) is 4.74 Å². The number of benzene rings is 1. The van der Waals surface area contributed by atoms with Gasteiger partial charge >= 0.3 is 0 Å². The summed E-state index contributed by atoms with van der Waals surface area (Å²) in [6.45, 7) is 5.82. The Bertz CT molecular complexity index is 699. The summed E-state index contributed by atoms with van der Waals surface area (Å²) in [5.41, 5.74) is 2.39. The highest BCUT2D eigenvalue weighted by Gasteiger charge is 2.15. The number of anilines is 3. The molecular formula is C18H23N5O2. The van der Waals surface area contributed by atoms with Gasteiger partial charge in [-0.1, -0.05) is 19.1 Å². The van der Waals surface area contributed by atoms with Gasteiger partial charge in [-0.3, -0.25) is 4.79 Å². The molecule has 1 aromatic heterocycles. The fourth-order valence-corrected chi connectivity index (χ4v) is 2.65. The monoisotopic (exact) mass is 341 g/mol. The Kier molecular flexibility index (Phi) is 5.79. The summed E-state index contributed by atoms with van der Waals surface area (Å²) in [5, 5.41) is 14.2. The van der Waals surface area contributed by atoms with Crippen molar-refractivity contribution in [2.75, 3.05) is 43.1 Å². The maximum absolute atomic E-state index is 11.9. The Labute approximate surface area is 147 Å². The van der Waals surface area contributed by atoms with Crippen molar-refractivity contribution in [2.45, 2.75) is 13.3 Å². The van der Waals surface area contributed by atoms with Gasteiger partial charge in [0, 0.05) is 19.6 Å². The van der Waals surface area contributed by atoms with E-state index < -0.39 is 0 Å². The average molecular weight is 341 g/mol. The topological polar surface area (TPSA) is 79.4 Å². The van der Waals surface area contributed by atoms with Crippen molar-refractivity contribution < 1.29 is 9.53 Å². The molecule has 1 saturated heterocycles. The minimum Gasteiger partial charge on any atom is -0.378 e. The standard InChI is InChI=1S/C18H23N5O2/c1-2-9-19-18(24)15-7-8-17(22-21-15)20-14-5-3-4-6-16(14)23-10-12-25-13-11-23/h3-8H,2,9-13H2,1H3,(H,19,24)(H,20,22). The molecule has 132 valence electrons. The van der Waals surface area contributed by atoms with E-state index in [1.54, 1.807) is 12.1 Å². The summed E-state index contributed by atoms with van der Waals surface area (Å²) in [5.74, 6) is 0.405. The summed E-state index contributed by atoms with van der Waals surface area (Å²) in [6, 6.07) is 11.5. The lowest BCUT2D eigenvalue weighted by atomic mass is 10.2. The highest BCUT2D eigenvalue weighted by molar-refractivity contribution is 5.92. The van der Waals surface area contributed by atoms with E-state index in [0.29, 0.717) is 18.1 Å². The molecule has 7 nitrogen and oxygen atoms in total. The van der Waals surface area contributed by atoms with Crippen molar-refractivity contribution in [2.24, 2.45) is 0 Å². The lowest BCUT2D eigenvalue weighted by Gasteiger charge is -2.30. The van der Waals surface area contributed by atoms with Gasteiger partial charge in [0.25, 0.3) is 5.91 Å². The maximum atomic E-state index is 11.9. The van der Waals surface area contributed by atoms with Crippen LogP contribution in [0.4, 0.5) is 17.2 Å². The van der Waals surface area contributed by atoms with E-state index in [1.165, 1.54) is 0 Å². The van der Waals surface area contributed by atoms with Crippen molar-refractivity contribution in [1.82, 2.24) is 15.5 Å². The normalized spacial score (nSPS) is 14.2. The number of nitrogens with one attached hydrogen (secondary N) is 2. The third-order valence-corrected chi connectivity index (χ3v) is 3.95. The zero-order valence-electron chi connectivity index (χ0n) is 14.4. The summed E-state index contributed by atoms with van der Waals surface area (Å²) in [6.07, 6.45) is 0.886. The number of hydrogen-bond acceptors (Lipinski definition) is 6. The molecule has 0 aliphatic carbocycles. The molecule has 2 heterocycles. The van der Waals surface area contributed by atoms with Gasteiger partial charge in [0.15, 0.2) is 11.5 Å². The number of carbonyl (C=O) groups is 1. The molecule has 0 bridgehead atoms. The van der Waals surface area contributed by atoms with Gasteiger partial charge in [-0.25, -0.2) is 0 Å². The Balaban J connectivity index is 1.71. The predicted octanol–water partition coefficient (Wildman–Crippen LogP) is 2.20. The Morgan fingerprint density at radius 2 is 1.96 bits per heavy atom. The molecule has 0 saturated carbocycles. The third-order valence-electron chi connectivity index (χ3n) is 3.95. The second-order valence-electron chi connectivity index (χ2n) is 5.80. The average Bonchev–Trinajstić information content (AvgIpc) is 2.68. The van der Waals surface area contributed by atoms with E-state index >= 15 is 0 Å². The van der Waals surface area contributed by atoms with Gasteiger partial charge in [-0.15, -0.1) is 10.2 Å². The minimum atomic E-state index is -0.199. The van der Waals surface area contributed by atoms with Crippen molar-refractivity contribution in [3.63, 3.8) is 0 Å². The molecule has 1 aliphatic rings. The zero-order valence-corrected chi connectivity index (χ0v) is 14.4. The number of para-hydroxylation sites is 2. The molecule has 1 aromatic carbocycles. The molecule has 3 rings (SSSR count). The molecule has 1 amide bonds. The van der Waals surface area contributed by atoms with E-state index in [0.717, 1.165) is 44.1 Å². The summed E-state index contributed by atoms with van der Waals surface area (Å²) in [4.78, 5) is 14.2. The van der Waals surface area contributed by atoms with Crippen LogP contribution in [0.1, 0.15) is 23.8 Å². The van der Waals surface area contributed by atoms with E-state index in [1.807, 2.05) is 25.1 Å². The minimum absolute atomic E-state index is 0.199. The van der Waals surface area contributed by atoms with Gasteiger partial charge in [0.1, 0.15) is 0 Å². The number of nitrogens with zero attached hydrogens (tertiary/aromatic N) is 3. The number of hydrogen-bond donors (Lipinski definition) is 2. The van der Waals surface area contributed by atoms with Crippen LogP contribution >= 0.6 is 0 Å². The molecule has 0 atom stereocenters. The SMILES string of the molecule is CCCNC(=O)c1ccc(Nc2ccccc2N2CCOCC2)nn1. The quantitative estimate of drug-likeness (QED) is 0.838. The second kappa shape index (κ2) is 8.43. The number of amides is 1. The van der Waals surface area contributed by atoms with Crippen LogP contribution in [0.3, 0.4) is 0 Å². The first-order valence-corrected chi connectivity index (χ1v) is 8.58. The first-order chi connectivity index (χ1) is 12.3. The van der Waals surface area contributed by atoms with Gasteiger partial charge in [0.05, 0.1) is 24.6 Å². The van der Waals surface area contributed by atoms with Gasteiger partial charge in [0.2, 0.25) is 0 Å². The number of rotatable bonds is 6. The van der Waals surface area contributed by atoms with Crippen LogP contribution < -0.4 is 15.5 Å². The third kappa shape index (κ3) is 4.45. The van der Waals surface area contributed by atoms with Crippen molar-refractivity contribution in [3.05, 3.63) is 42.1 Å². The number of carbonyl (C=O) groups excluding carboxylic acids is 1. The number of aromatic nitrogens is 2. The highest BCUT2D eigenvalue weighted by Crippen LogP contribution is 2.28. The summed E-state index contributed by atoms with van der Waals surface area (Å²) in [7, 11) is 0. The van der Waals surface area contributed by atoms with Crippen molar-refractivity contribution in [3.8, 4) is 0 Å². The molecule has 25 heavy (non-hydrogen) atoms. The number of ether oxygens (including phenoxy) is 1. The fraction of sp³-hybridized carbons (Fsp3) is 0.389. The lowest BCUT2D eigenvalue weighted by molar-refractivity contribution is 0.0947. The van der Waals surface area contributed by atoms with E-state index in [9.17, 15) is 4.79 Å². The van der Waals surface area contributed by atoms with E-state index in [2.05, 4.69) is 31.8 Å². The molecule has 7 heteroatoms. The molecule has 1 aliphatic heterocycles. The molecular weight excluding hydrogens is 318 g/mol. The van der Waals surface area contributed by atoms with Crippen molar-refractivity contribution in [1.29, 1.82) is 0 Å². The Morgan fingerprint density at radius 1 is 1.16 bits per heavy atom. The Morgan fingerprint density at radius 3 is 2.68 bits per heavy atom. The van der Waals surface area contributed by atoms with Gasteiger partial charge < -0.3 is 20.3 Å². The van der Waals surface area contributed by atoms with Crippen LogP contribution in [-0.4, -0.2) is 49.0 Å². The molecule has 0 unspecified atom stereocenters. The maximum Gasteiger partial charge on any atom is 0.271 e. The lowest BCUT2D eigenvalue weighted by Crippen LogP contribution is -2.36. The summed E-state index contributed by atoms with van der Waals surface area (Å²) < 4.78 is 5.42. The second-order valence-corrected chi connectivity index (χ2v) is 5.80. The molecule has 2 N–H and O–H groups in total. The van der Waals surface area contributed by atoms with Crippen molar-refractivity contribution >= 4 is 23.1 Å². The fourth-order valence-electron chi connectivity index (χ4n) is 2.65. The van der Waals surface area contributed by atoms with Crippen LogP contribution in [-0.2, 0) is 4.74 Å².